The van der Waals surface area contributed by atoms with Crippen LogP contribution in [0.15, 0.2) is 30.3 Å². The van der Waals surface area contributed by atoms with Crippen LogP contribution in [0.25, 0.3) is 0 Å². The van der Waals surface area contributed by atoms with Gasteiger partial charge in [-0.05, 0) is 31.5 Å². The lowest BCUT2D eigenvalue weighted by atomic mass is 9.79. The molecule has 1 aliphatic rings. The number of esters is 1. The first kappa shape index (κ1) is 15.9. The highest BCUT2D eigenvalue weighted by atomic mass is 16.5. The van der Waals surface area contributed by atoms with Crippen LogP contribution in [0.5, 0.6) is 0 Å². The molecule has 5 heteroatoms. The normalized spacial score (nSPS) is 17.4. The maximum atomic E-state index is 12.5. The Bertz CT molecular complexity index is 430. The van der Waals surface area contributed by atoms with E-state index in [1.807, 2.05) is 30.3 Å². The van der Waals surface area contributed by atoms with Crippen molar-refractivity contribution in [2.24, 2.45) is 11.1 Å². The molecule has 1 saturated heterocycles. The number of carbonyl (C=O) groups excluding carboxylic acids is 1. The van der Waals surface area contributed by atoms with Gasteiger partial charge in [-0.2, -0.15) is 0 Å². The Morgan fingerprint density at radius 1 is 1.24 bits per heavy atom. The Morgan fingerprint density at radius 2 is 1.95 bits per heavy atom. The lowest BCUT2D eigenvalue weighted by molar-refractivity contribution is -0.163. The summed E-state index contributed by atoms with van der Waals surface area (Å²) in [5.74, 6) is -0.162. The average Bonchev–Trinajstić information content (AvgIpc) is 2.55. The molecule has 116 valence electrons. The Hall–Kier alpha value is -1.43. The highest BCUT2D eigenvalue weighted by molar-refractivity contribution is 5.77. The first-order valence-corrected chi connectivity index (χ1v) is 7.46. The van der Waals surface area contributed by atoms with Crippen molar-refractivity contribution in [3.05, 3.63) is 35.9 Å². The molecule has 3 N–H and O–H groups in total. The molecule has 0 bridgehead atoms. The quantitative estimate of drug-likeness (QED) is 0.581. The van der Waals surface area contributed by atoms with Crippen LogP contribution < -0.4 is 11.1 Å². The summed E-state index contributed by atoms with van der Waals surface area (Å²) >= 11 is 0. The predicted molar refractivity (Wildman–Crippen MR) is 80.6 cm³/mol. The van der Waals surface area contributed by atoms with Crippen molar-refractivity contribution >= 4 is 5.97 Å². The third-order valence-electron chi connectivity index (χ3n) is 3.85. The van der Waals surface area contributed by atoms with Gasteiger partial charge >= 0.3 is 5.97 Å². The first-order chi connectivity index (χ1) is 10.3. The highest BCUT2D eigenvalue weighted by Crippen LogP contribution is 2.31. The molecular weight excluding hydrogens is 268 g/mol. The molecule has 5 nitrogen and oxygen atoms in total. The van der Waals surface area contributed by atoms with Gasteiger partial charge in [0.1, 0.15) is 6.61 Å². The van der Waals surface area contributed by atoms with Crippen LogP contribution >= 0.6 is 0 Å². The topological polar surface area (TPSA) is 73.6 Å². The van der Waals surface area contributed by atoms with Crippen molar-refractivity contribution in [3.8, 4) is 0 Å². The van der Waals surface area contributed by atoms with E-state index in [4.69, 9.17) is 15.2 Å². The minimum atomic E-state index is -0.533. The predicted octanol–water partition coefficient (Wildman–Crippen LogP) is 1.07. The average molecular weight is 292 g/mol. The molecule has 0 spiro atoms. The fourth-order valence-corrected chi connectivity index (χ4v) is 2.54. The maximum Gasteiger partial charge on any atom is 0.314 e. The molecule has 2 rings (SSSR count). The van der Waals surface area contributed by atoms with Gasteiger partial charge in [0, 0.05) is 6.54 Å². The number of piperidine rings is 1. The van der Waals surface area contributed by atoms with E-state index in [0.29, 0.717) is 26.4 Å². The number of benzene rings is 1. The Morgan fingerprint density at radius 3 is 2.62 bits per heavy atom. The number of nitrogens with one attached hydrogen (secondary N) is 1. The molecule has 0 amide bonds. The van der Waals surface area contributed by atoms with Gasteiger partial charge in [-0.15, -0.1) is 0 Å². The van der Waals surface area contributed by atoms with Crippen LogP contribution in [0, 0.1) is 5.41 Å². The second-order valence-electron chi connectivity index (χ2n) is 5.43. The molecule has 0 radical (unpaired) electrons. The van der Waals surface area contributed by atoms with E-state index in [-0.39, 0.29) is 5.97 Å². The number of rotatable bonds is 7. The number of hydrogen-bond acceptors (Lipinski definition) is 5. The first-order valence-electron chi connectivity index (χ1n) is 7.46. The number of nitrogens with two attached hydrogens (primary N) is 1. The van der Waals surface area contributed by atoms with Crippen LogP contribution in [0.1, 0.15) is 18.4 Å². The molecule has 1 heterocycles. The largest absolute Gasteiger partial charge is 0.460 e. The standard InChI is InChI=1S/C16H24N2O3/c17-8-11-20-13-16(6-9-18-10-7-16)15(19)21-12-14-4-2-1-3-5-14/h1-5,18H,6-13,17H2. The summed E-state index contributed by atoms with van der Waals surface area (Å²) in [5, 5.41) is 3.27. The summed E-state index contributed by atoms with van der Waals surface area (Å²) in [5.41, 5.74) is 5.91. The zero-order valence-corrected chi connectivity index (χ0v) is 12.3. The van der Waals surface area contributed by atoms with Crippen molar-refractivity contribution in [1.29, 1.82) is 0 Å². The van der Waals surface area contributed by atoms with Gasteiger partial charge in [0.2, 0.25) is 0 Å². The molecule has 0 unspecified atom stereocenters. The van der Waals surface area contributed by atoms with E-state index in [1.165, 1.54) is 0 Å². The Labute approximate surface area is 125 Å². The molecule has 0 aromatic heterocycles. The van der Waals surface area contributed by atoms with Crippen molar-refractivity contribution in [3.63, 3.8) is 0 Å². The molecule has 21 heavy (non-hydrogen) atoms. The molecule has 0 saturated carbocycles. The van der Waals surface area contributed by atoms with E-state index >= 15 is 0 Å². The van der Waals surface area contributed by atoms with Crippen LogP contribution in [-0.2, 0) is 20.9 Å². The van der Waals surface area contributed by atoms with Crippen LogP contribution in [0.4, 0.5) is 0 Å². The second-order valence-corrected chi connectivity index (χ2v) is 5.43. The van der Waals surface area contributed by atoms with Gasteiger partial charge in [-0.1, -0.05) is 30.3 Å². The summed E-state index contributed by atoms with van der Waals surface area (Å²) in [6, 6.07) is 9.72. The fraction of sp³-hybridized carbons (Fsp3) is 0.562. The third kappa shape index (κ3) is 4.52. The van der Waals surface area contributed by atoms with E-state index < -0.39 is 5.41 Å². The number of hydrogen-bond donors (Lipinski definition) is 2. The lowest BCUT2D eigenvalue weighted by Crippen LogP contribution is -2.46. The highest BCUT2D eigenvalue weighted by Gasteiger charge is 2.41. The van der Waals surface area contributed by atoms with Gasteiger partial charge in [0.05, 0.1) is 18.6 Å². The summed E-state index contributed by atoms with van der Waals surface area (Å²) in [6.07, 6.45) is 1.48. The van der Waals surface area contributed by atoms with Crippen molar-refractivity contribution < 1.29 is 14.3 Å². The van der Waals surface area contributed by atoms with Crippen molar-refractivity contribution in [2.75, 3.05) is 32.8 Å². The van der Waals surface area contributed by atoms with Gasteiger partial charge in [0.15, 0.2) is 0 Å². The molecule has 0 atom stereocenters. The zero-order chi connectivity index (χ0) is 15.0. The van der Waals surface area contributed by atoms with Gasteiger partial charge in [0.25, 0.3) is 0 Å². The molecular formula is C16H24N2O3. The number of carbonyl (C=O) groups is 1. The lowest BCUT2D eigenvalue weighted by Gasteiger charge is -2.34. The maximum absolute atomic E-state index is 12.5. The van der Waals surface area contributed by atoms with Gasteiger partial charge < -0.3 is 20.5 Å². The summed E-state index contributed by atoms with van der Waals surface area (Å²) in [6.45, 7) is 3.26. The molecule has 0 aliphatic carbocycles. The Balaban J connectivity index is 1.93. The van der Waals surface area contributed by atoms with Crippen LogP contribution in [-0.4, -0.2) is 38.8 Å². The molecule has 1 aromatic carbocycles. The second kappa shape index (κ2) is 8.12. The molecule has 1 aromatic rings. The fourth-order valence-electron chi connectivity index (χ4n) is 2.54. The zero-order valence-electron chi connectivity index (χ0n) is 12.3. The summed E-state index contributed by atoms with van der Waals surface area (Å²) in [7, 11) is 0. The van der Waals surface area contributed by atoms with Crippen molar-refractivity contribution in [1.82, 2.24) is 5.32 Å². The van der Waals surface area contributed by atoms with Gasteiger partial charge in [-0.25, -0.2) is 0 Å². The number of ether oxygens (including phenoxy) is 2. The Kier molecular flexibility index (Phi) is 6.17. The van der Waals surface area contributed by atoms with E-state index in [2.05, 4.69) is 5.32 Å². The minimum Gasteiger partial charge on any atom is -0.460 e. The third-order valence-corrected chi connectivity index (χ3v) is 3.85. The molecule has 1 fully saturated rings. The SMILES string of the molecule is NCCOCC1(C(=O)OCc2ccccc2)CCNCC1. The summed E-state index contributed by atoms with van der Waals surface area (Å²) < 4.78 is 11.1. The van der Waals surface area contributed by atoms with Crippen LogP contribution in [0.3, 0.4) is 0 Å². The van der Waals surface area contributed by atoms with Gasteiger partial charge in [-0.3, -0.25) is 4.79 Å². The van der Waals surface area contributed by atoms with Crippen LogP contribution in [0.2, 0.25) is 0 Å². The molecule has 1 aliphatic heterocycles. The van der Waals surface area contributed by atoms with Crippen molar-refractivity contribution in [2.45, 2.75) is 19.4 Å². The smallest absolute Gasteiger partial charge is 0.314 e. The summed E-state index contributed by atoms with van der Waals surface area (Å²) in [4.78, 5) is 12.5. The van der Waals surface area contributed by atoms with E-state index in [1.54, 1.807) is 0 Å². The van der Waals surface area contributed by atoms with E-state index in [0.717, 1.165) is 31.5 Å². The van der Waals surface area contributed by atoms with E-state index in [9.17, 15) is 4.79 Å². The minimum absolute atomic E-state index is 0.162. The monoisotopic (exact) mass is 292 g/mol.